The lowest BCUT2D eigenvalue weighted by molar-refractivity contribution is 0.666. The van der Waals surface area contributed by atoms with Crippen molar-refractivity contribution in [3.8, 4) is 17.6 Å². The van der Waals surface area contributed by atoms with Gasteiger partial charge in [-0.15, -0.1) is 0 Å². The fourth-order valence-corrected chi connectivity index (χ4v) is 3.74. The van der Waals surface area contributed by atoms with Crippen molar-refractivity contribution in [1.29, 1.82) is 5.26 Å². The Bertz CT molecular complexity index is 1390. The average Bonchev–Trinajstić information content (AvgIpc) is 3.36. The molecule has 2 aromatic carbocycles. The van der Waals surface area contributed by atoms with Crippen LogP contribution in [0.5, 0.6) is 0 Å². The Balaban J connectivity index is 1.57. The fraction of sp³-hybridized carbons (Fsp3) is 0.130. The van der Waals surface area contributed by atoms with E-state index in [0.29, 0.717) is 12.1 Å². The summed E-state index contributed by atoms with van der Waals surface area (Å²) in [6, 6.07) is 20.0. The second-order valence-electron chi connectivity index (χ2n) is 6.86. The zero-order valence-electron chi connectivity index (χ0n) is 15.9. The van der Waals surface area contributed by atoms with E-state index in [2.05, 4.69) is 39.2 Å². The summed E-state index contributed by atoms with van der Waals surface area (Å²) in [7, 11) is 0. The van der Waals surface area contributed by atoms with Crippen molar-refractivity contribution in [2.75, 3.05) is 0 Å². The van der Waals surface area contributed by atoms with Crippen LogP contribution in [0.4, 0.5) is 0 Å². The third kappa shape index (κ3) is 2.93. The second kappa shape index (κ2) is 6.88. The summed E-state index contributed by atoms with van der Waals surface area (Å²) in [6.45, 7) is 3.48. The smallest absolute Gasteiger partial charge is 0.159 e. The van der Waals surface area contributed by atoms with Gasteiger partial charge in [-0.1, -0.05) is 24.3 Å². The summed E-state index contributed by atoms with van der Waals surface area (Å²) in [5.41, 5.74) is 4.27. The number of aryl methyl sites for hydroxylation is 1. The maximum atomic E-state index is 9.17. The number of nitrogens with zero attached hydrogens (tertiary/aromatic N) is 6. The van der Waals surface area contributed by atoms with Crippen molar-refractivity contribution < 1.29 is 0 Å². The molecule has 6 heteroatoms. The molecular weight excluding hydrogens is 360 g/mol. The number of hydrogen-bond acceptors (Lipinski definition) is 4. The summed E-state index contributed by atoms with van der Waals surface area (Å²) >= 11 is 0. The molecule has 0 aliphatic heterocycles. The first-order chi connectivity index (χ1) is 14.3. The number of benzene rings is 2. The number of fused-ring (bicyclic) bond motifs is 2. The minimum absolute atomic E-state index is 0.578. The molecule has 0 atom stereocenters. The minimum Gasteiger partial charge on any atom is -0.327 e. The lowest BCUT2D eigenvalue weighted by atomic mass is 10.2. The first-order valence-electron chi connectivity index (χ1n) is 9.53. The van der Waals surface area contributed by atoms with Crippen LogP contribution < -0.4 is 0 Å². The van der Waals surface area contributed by atoms with E-state index in [1.165, 1.54) is 0 Å². The van der Waals surface area contributed by atoms with Crippen LogP contribution in [0.3, 0.4) is 0 Å². The molecule has 140 valence electrons. The molecule has 0 fully saturated rings. The Kier molecular flexibility index (Phi) is 4.07. The zero-order valence-corrected chi connectivity index (χ0v) is 15.9. The van der Waals surface area contributed by atoms with Gasteiger partial charge in [-0.25, -0.2) is 15.0 Å². The SMILES string of the molecule is CCn1c(Cn2ccnc2-c2ccc3ccccc3n2)nc2cc(C#N)ccc21. The molecule has 3 aromatic heterocycles. The molecule has 3 heterocycles. The lowest BCUT2D eigenvalue weighted by Crippen LogP contribution is -2.09. The summed E-state index contributed by atoms with van der Waals surface area (Å²) < 4.78 is 4.24. The van der Waals surface area contributed by atoms with Crippen molar-refractivity contribution in [2.24, 2.45) is 0 Å². The third-order valence-electron chi connectivity index (χ3n) is 5.13. The van der Waals surface area contributed by atoms with Crippen LogP contribution >= 0.6 is 0 Å². The van der Waals surface area contributed by atoms with Crippen LogP contribution in [0, 0.1) is 11.3 Å². The van der Waals surface area contributed by atoms with Crippen LogP contribution in [0.1, 0.15) is 18.3 Å². The fourth-order valence-electron chi connectivity index (χ4n) is 3.74. The molecule has 0 aliphatic carbocycles. The summed E-state index contributed by atoms with van der Waals surface area (Å²) in [4.78, 5) is 14.1. The summed E-state index contributed by atoms with van der Waals surface area (Å²) in [5, 5.41) is 10.3. The molecule has 0 saturated carbocycles. The average molecular weight is 378 g/mol. The van der Waals surface area contributed by atoms with E-state index >= 15 is 0 Å². The predicted octanol–water partition coefficient (Wildman–Crippen LogP) is 4.39. The molecule has 0 bridgehead atoms. The molecular formula is C23H18N6. The number of pyridine rings is 1. The van der Waals surface area contributed by atoms with E-state index in [-0.39, 0.29) is 0 Å². The van der Waals surface area contributed by atoms with E-state index in [9.17, 15) is 5.26 Å². The van der Waals surface area contributed by atoms with Gasteiger partial charge in [0.05, 0.1) is 34.7 Å². The number of hydrogen-bond donors (Lipinski definition) is 0. The molecule has 0 amide bonds. The normalized spacial score (nSPS) is 11.2. The van der Waals surface area contributed by atoms with Crippen molar-refractivity contribution in [1.82, 2.24) is 24.1 Å². The van der Waals surface area contributed by atoms with Crippen molar-refractivity contribution in [2.45, 2.75) is 20.0 Å². The van der Waals surface area contributed by atoms with E-state index in [1.807, 2.05) is 48.7 Å². The maximum Gasteiger partial charge on any atom is 0.159 e. The molecule has 0 aliphatic rings. The Hall–Kier alpha value is -3.98. The van der Waals surface area contributed by atoms with E-state index in [0.717, 1.165) is 45.8 Å². The van der Waals surface area contributed by atoms with Crippen LogP contribution in [0.15, 0.2) is 67.0 Å². The molecule has 0 N–H and O–H groups in total. The van der Waals surface area contributed by atoms with Crippen LogP contribution in [0.25, 0.3) is 33.5 Å². The van der Waals surface area contributed by atoms with Gasteiger partial charge < -0.3 is 9.13 Å². The molecule has 0 spiro atoms. The highest BCUT2D eigenvalue weighted by atomic mass is 15.1. The first-order valence-corrected chi connectivity index (χ1v) is 9.53. The highest BCUT2D eigenvalue weighted by Gasteiger charge is 2.14. The number of nitriles is 1. The third-order valence-corrected chi connectivity index (χ3v) is 5.13. The number of imidazole rings is 2. The highest BCUT2D eigenvalue weighted by Crippen LogP contribution is 2.23. The monoisotopic (exact) mass is 378 g/mol. The molecule has 5 aromatic rings. The standard InChI is InChI=1S/C23H18N6/c1-2-29-21-10-7-16(14-24)13-20(21)27-22(29)15-28-12-11-25-23(28)19-9-8-17-5-3-4-6-18(17)26-19/h3-13H,2,15H2,1H3. The molecule has 0 saturated heterocycles. The Labute approximate surface area is 167 Å². The topological polar surface area (TPSA) is 72.3 Å². The number of aromatic nitrogens is 5. The quantitative estimate of drug-likeness (QED) is 0.465. The van der Waals surface area contributed by atoms with Crippen molar-refractivity contribution in [3.05, 3.63) is 78.4 Å². The Morgan fingerprint density at radius 2 is 1.90 bits per heavy atom. The lowest BCUT2D eigenvalue weighted by Gasteiger charge is -2.10. The van der Waals surface area contributed by atoms with Crippen LogP contribution in [-0.2, 0) is 13.1 Å². The number of para-hydroxylation sites is 1. The summed E-state index contributed by atoms with van der Waals surface area (Å²) in [5.74, 6) is 1.74. The zero-order chi connectivity index (χ0) is 19.8. The molecule has 0 unspecified atom stereocenters. The van der Waals surface area contributed by atoms with Gasteiger partial charge >= 0.3 is 0 Å². The van der Waals surface area contributed by atoms with Crippen molar-refractivity contribution >= 4 is 21.9 Å². The first kappa shape index (κ1) is 17.1. The van der Waals surface area contributed by atoms with Gasteiger partial charge in [0.2, 0.25) is 0 Å². The van der Waals surface area contributed by atoms with E-state index in [4.69, 9.17) is 9.97 Å². The summed E-state index contributed by atoms with van der Waals surface area (Å²) in [6.07, 6.45) is 3.74. The van der Waals surface area contributed by atoms with Gasteiger partial charge in [0, 0.05) is 24.3 Å². The Morgan fingerprint density at radius 1 is 1.00 bits per heavy atom. The van der Waals surface area contributed by atoms with Gasteiger partial charge in [0.15, 0.2) is 5.82 Å². The highest BCUT2D eigenvalue weighted by molar-refractivity contribution is 5.81. The van der Waals surface area contributed by atoms with Gasteiger partial charge in [-0.3, -0.25) is 0 Å². The van der Waals surface area contributed by atoms with E-state index in [1.54, 1.807) is 6.20 Å². The van der Waals surface area contributed by atoms with E-state index < -0.39 is 0 Å². The van der Waals surface area contributed by atoms with Gasteiger partial charge in [-0.05, 0) is 37.3 Å². The van der Waals surface area contributed by atoms with Crippen LogP contribution in [-0.4, -0.2) is 24.1 Å². The molecule has 0 radical (unpaired) electrons. The molecule has 29 heavy (non-hydrogen) atoms. The second-order valence-corrected chi connectivity index (χ2v) is 6.86. The van der Waals surface area contributed by atoms with Crippen LogP contribution in [0.2, 0.25) is 0 Å². The minimum atomic E-state index is 0.578. The Morgan fingerprint density at radius 3 is 2.76 bits per heavy atom. The van der Waals surface area contributed by atoms with Gasteiger partial charge in [-0.2, -0.15) is 5.26 Å². The number of rotatable bonds is 4. The van der Waals surface area contributed by atoms with Crippen molar-refractivity contribution in [3.63, 3.8) is 0 Å². The maximum absolute atomic E-state index is 9.17. The predicted molar refractivity (Wildman–Crippen MR) is 112 cm³/mol. The largest absolute Gasteiger partial charge is 0.327 e. The molecule has 6 nitrogen and oxygen atoms in total. The van der Waals surface area contributed by atoms with Gasteiger partial charge in [0.25, 0.3) is 0 Å². The molecule has 5 rings (SSSR count). The van der Waals surface area contributed by atoms with Gasteiger partial charge in [0.1, 0.15) is 11.5 Å².